The van der Waals surface area contributed by atoms with Crippen LogP contribution in [0.1, 0.15) is 11.1 Å². The molecule has 5 heteroatoms. The summed E-state index contributed by atoms with van der Waals surface area (Å²) in [6.07, 6.45) is 1.40. The van der Waals surface area contributed by atoms with Crippen molar-refractivity contribution in [2.45, 2.75) is 12.8 Å². The molecule has 0 spiro atoms. The normalized spacial score (nSPS) is 14.9. The van der Waals surface area contributed by atoms with Crippen molar-refractivity contribution in [2.75, 3.05) is 6.54 Å². The smallest absolute Gasteiger partial charge is 0.185 e. The second kappa shape index (κ2) is 4.08. The molecule has 3 nitrogen and oxygen atoms in total. The van der Waals surface area contributed by atoms with Crippen molar-refractivity contribution < 1.29 is 8.78 Å². The lowest BCUT2D eigenvalue weighted by Crippen LogP contribution is -2.24. The van der Waals surface area contributed by atoms with Crippen molar-refractivity contribution >= 4 is 5.96 Å². The molecule has 2 rings (SSSR count). The number of fused-ring (bicyclic) bond motifs is 1. The van der Waals surface area contributed by atoms with Crippen LogP contribution >= 0.6 is 0 Å². The summed E-state index contributed by atoms with van der Waals surface area (Å²) in [4.78, 5) is 3.92. The molecule has 0 amide bonds. The van der Waals surface area contributed by atoms with Gasteiger partial charge < -0.3 is 11.5 Å². The van der Waals surface area contributed by atoms with Gasteiger partial charge in [-0.1, -0.05) is 0 Å². The van der Waals surface area contributed by atoms with Crippen molar-refractivity contribution in [3.63, 3.8) is 0 Å². The third kappa shape index (κ3) is 2.13. The summed E-state index contributed by atoms with van der Waals surface area (Å²) >= 11 is 0. The lowest BCUT2D eigenvalue weighted by atomic mass is 10.1. The molecule has 0 saturated carbocycles. The van der Waals surface area contributed by atoms with Crippen LogP contribution in [0.2, 0.25) is 0 Å². The monoisotopic (exact) mass is 225 g/mol. The fourth-order valence-corrected chi connectivity index (χ4v) is 2.07. The molecule has 0 atom stereocenters. The Labute approximate surface area is 92.2 Å². The summed E-state index contributed by atoms with van der Waals surface area (Å²) in [5, 5.41) is 0. The van der Waals surface area contributed by atoms with Gasteiger partial charge in [0.2, 0.25) is 0 Å². The van der Waals surface area contributed by atoms with Crippen LogP contribution in [0.4, 0.5) is 8.78 Å². The number of nitrogens with two attached hydrogens (primary N) is 2. The fourth-order valence-electron chi connectivity index (χ4n) is 2.07. The van der Waals surface area contributed by atoms with E-state index in [2.05, 4.69) is 4.99 Å². The summed E-state index contributed by atoms with van der Waals surface area (Å²) < 4.78 is 25.9. The minimum atomic E-state index is -0.791. The Morgan fingerprint density at radius 1 is 1.19 bits per heavy atom. The molecule has 1 aromatic rings. The quantitative estimate of drug-likeness (QED) is 0.581. The van der Waals surface area contributed by atoms with Crippen molar-refractivity contribution in [2.24, 2.45) is 22.4 Å². The third-order valence-electron chi connectivity index (χ3n) is 2.79. The standard InChI is InChI=1S/C11H13F2N3/c12-9-3-7-1-6(5-16-11(14)15)2-8(7)4-10(9)13/h3-4,6H,1-2,5H2,(H4,14,15,16). The number of hydrogen-bond donors (Lipinski definition) is 2. The first-order valence-corrected chi connectivity index (χ1v) is 5.08. The van der Waals surface area contributed by atoms with Gasteiger partial charge in [0.1, 0.15) is 0 Å². The first-order valence-electron chi connectivity index (χ1n) is 5.08. The van der Waals surface area contributed by atoms with Gasteiger partial charge in [-0.05, 0) is 42.0 Å². The van der Waals surface area contributed by atoms with E-state index < -0.39 is 11.6 Å². The average Bonchev–Trinajstić information content (AvgIpc) is 2.58. The molecule has 0 radical (unpaired) electrons. The Morgan fingerprint density at radius 2 is 1.69 bits per heavy atom. The van der Waals surface area contributed by atoms with E-state index in [9.17, 15) is 8.78 Å². The summed E-state index contributed by atoms with van der Waals surface area (Å²) in [5.74, 6) is -1.30. The molecule has 4 N–H and O–H groups in total. The number of nitrogens with zero attached hydrogens (tertiary/aromatic N) is 1. The number of halogens is 2. The maximum atomic E-state index is 13.0. The first-order chi connectivity index (χ1) is 7.56. The second-order valence-corrected chi connectivity index (χ2v) is 4.07. The zero-order chi connectivity index (χ0) is 11.7. The first kappa shape index (κ1) is 10.9. The van der Waals surface area contributed by atoms with E-state index in [4.69, 9.17) is 11.5 Å². The molecular weight excluding hydrogens is 212 g/mol. The topological polar surface area (TPSA) is 64.4 Å². The van der Waals surface area contributed by atoms with Crippen LogP contribution in [0.15, 0.2) is 17.1 Å². The zero-order valence-corrected chi connectivity index (χ0v) is 8.71. The van der Waals surface area contributed by atoms with E-state index in [1.54, 1.807) is 0 Å². The lowest BCUT2D eigenvalue weighted by molar-refractivity contribution is 0.507. The molecule has 1 aliphatic rings. The minimum absolute atomic E-state index is 0.0494. The van der Waals surface area contributed by atoms with Crippen LogP contribution in [0.3, 0.4) is 0 Å². The highest BCUT2D eigenvalue weighted by molar-refractivity contribution is 5.75. The number of benzene rings is 1. The Balaban J connectivity index is 2.12. The Bertz CT molecular complexity index is 408. The van der Waals surface area contributed by atoms with Gasteiger partial charge in [0.15, 0.2) is 17.6 Å². The molecule has 16 heavy (non-hydrogen) atoms. The summed E-state index contributed by atoms with van der Waals surface area (Å²) in [6, 6.07) is 2.53. The highest BCUT2D eigenvalue weighted by atomic mass is 19.2. The van der Waals surface area contributed by atoms with E-state index in [0.717, 1.165) is 11.1 Å². The maximum Gasteiger partial charge on any atom is 0.185 e. The van der Waals surface area contributed by atoms with Crippen LogP contribution in [-0.2, 0) is 12.8 Å². The number of guanidine groups is 1. The zero-order valence-electron chi connectivity index (χ0n) is 8.71. The SMILES string of the molecule is NC(N)=NCC1Cc2cc(F)c(F)cc2C1. The molecule has 1 aliphatic carbocycles. The molecular formula is C11H13F2N3. The Morgan fingerprint density at radius 3 is 2.12 bits per heavy atom. The van der Waals surface area contributed by atoms with E-state index in [-0.39, 0.29) is 11.9 Å². The van der Waals surface area contributed by atoms with Gasteiger partial charge >= 0.3 is 0 Å². The molecule has 0 fully saturated rings. The van der Waals surface area contributed by atoms with Crippen molar-refractivity contribution in [3.05, 3.63) is 34.9 Å². The van der Waals surface area contributed by atoms with Crippen LogP contribution in [0.25, 0.3) is 0 Å². The van der Waals surface area contributed by atoms with Gasteiger partial charge in [0.25, 0.3) is 0 Å². The van der Waals surface area contributed by atoms with Crippen molar-refractivity contribution in [1.29, 1.82) is 0 Å². The van der Waals surface area contributed by atoms with Gasteiger partial charge in [0, 0.05) is 6.54 Å². The van der Waals surface area contributed by atoms with E-state index in [1.165, 1.54) is 12.1 Å². The van der Waals surface area contributed by atoms with E-state index >= 15 is 0 Å². The number of aliphatic imine (C=N–C) groups is 1. The lowest BCUT2D eigenvalue weighted by Gasteiger charge is -2.03. The van der Waals surface area contributed by atoms with Crippen LogP contribution in [0, 0.1) is 17.6 Å². The number of rotatable bonds is 2. The summed E-state index contributed by atoms with van der Waals surface area (Å²) in [5.41, 5.74) is 12.2. The predicted octanol–water partition coefficient (Wildman–Crippen LogP) is 0.953. The minimum Gasteiger partial charge on any atom is -0.370 e. The largest absolute Gasteiger partial charge is 0.370 e. The molecule has 0 aromatic heterocycles. The highest BCUT2D eigenvalue weighted by Gasteiger charge is 2.23. The summed E-state index contributed by atoms with van der Waals surface area (Å²) in [6.45, 7) is 0.500. The third-order valence-corrected chi connectivity index (χ3v) is 2.79. The number of hydrogen-bond acceptors (Lipinski definition) is 1. The van der Waals surface area contributed by atoms with Crippen molar-refractivity contribution in [3.8, 4) is 0 Å². The van der Waals surface area contributed by atoms with Gasteiger partial charge in [-0.25, -0.2) is 8.78 Å². The van der Waals surface area contributed by atoms with Crippen LogP contribution < -0.4 is 11.5 Å². The predicted molar refractivity (Wildman–Crippen MR) is 57.9 cm³/mol. The van der Waals surface area contributed by atoms with Crippen molar-refractivity contribution in [1.82, 2.24) is 0 Å². The molecule has 0 unspecified atom stereocenters. The molecule has 86 valence electrons. The molecule has 0 aliphatic heterocycles. The van der Waals surface area contributed by atoms with Crippen LogP contribution in [0.5, 0.6) is 0 Å². The van der Waals surface area contributed by atoms with Crippen LogP contribution in [-0.4, -0.2) is 12.5 Å². The highest BCUT2D eigenvalue weighted by Crippen LogP contribution is 2.28. The molecule has 1 aromatic carbocycles. The van der Waals surface area contributed by atoms with Gasteiger partial charge in [-0.2, -0.15) is 0 Å². The average molecular weight is 225 g/mol. The molecule has 0 bridgehead atoms. The Kier molecular flexibility index (Phi) is 2.77. The Hall–Kier alpha value is -1.65. The summed E-state index contributed by atoms with van der Waals surface area (Å²) in [7, 11) is 0. The van der Waals surface area contributed by atoms with Gasteiger partial charge in [-0.15, -0.1) is 0 Å². The maximum absolute atomic E-state index is 13.0. The van der Waals surface area contributed by atoms with Gasteiger partial charge in [-0.3, -0.25) is 4.99 Å². The second-order valence-electron chi connectivity index (χ2n) is 4.07. The van der Waals surface area contributed by atoms with E-state index in [1.807, 2.05) is 0 Å². The van der Waals surface area contributed by atoms with E-state index in [0.29, 0.717) is 19.4 Å². The van der Waals surface area contributed by atoms with Gasteiger partial charge in [0.05, 0.1) is 0 Å². The molecule has 0 saturated heterocycles. The molecule has 0 heterocycles. The fraction of sp³-hybridized carbons (Fsp3) is 0.364.